The van der Waals surface area contributed by atoms with Gasteiger partial charge in [0.2, 0.25) is 0 Å². The van der Waals surface area contributed by atoms with E-state index in [-0.39, 0.29) is 5.82 Å². The summed E-state index contributed by atoms with van der Waals surface area (Å²) in [4.78, 5) is 7.37. The number of hydrogen-bond donors (Lipinski definition) is 0. The zero-order chi connectivity index (χ0) is 18.8. The van der Waals surface area contributed by atoms with Gasteiger partial charge >= 0.3 is 0 Å². The summed E-state index contributed by atoms with van der Waals surface area (Å²) in [5.74, 6) is -0.209. The van der Waals surface area contributed by atoms with Crippen molar-refractivity contribution in [3.63, 3.8) is 0 Å². The molecule has 5 heteroatoms. The first-order valence-electron chi connectivity index (χ1n) is 9.55. The molecule has 1 saturated heterocycles. The lowest BCUT2D eigenvalue weighted by Crippen LogP contribution is -2.34. The Bertz CT molecular complexity index is 916. The maximum absolute atomic E-state index is 13.3. The second-order valence-corrected chi connectivity index (χ2v) is 7.36. The molecule has 1 aliphatic heterocycles. The predicted octanol–water partition coefficient (Wildman–Crippen LogP) is 4.66. The molecule has 0 spiro atoms. The summed E-state index contributed by atoms with van der Waals surface area (Å²) in [6, 6.07) is 13.3. The van der Waals surface area contributed by atoms with Crippen molar-refractivity contribution in [1.82, 2.24) is 19.7 Å². The molecule has 1 atom stereocenters. The van der Waals surface area contributed by atoms with Crippen LogP contribution in [-0.2, 0) is 13.6 Å². The summed E-state index contributed by atoms with van der Waals surface area (Å²) in [5.41, 5.74) is 5.45. The Balaban J connectivity index is 1.65. The number of pyridine rings is 1. The fourth-order valence-corrected chi connectivity index (χ4v) is 3.95. The van der Waals surface area contributed by atoms with Gasteiger partial charge in [0.25, 0.3) is 0 Å². The van der Waals surface area contributed by atoms with E-state index in [1.807, 2.05) is 37.0 Å². The van der Waals surface area contributed by atoms with E-state index >= 15 is 0 Å². The van der Waals surface area contributed by atoms with Crippen LogP contribution in [0.2, 0.25) is 0 Å². The number of piperidine rings is 1. The quantitative estimate of drug-likeness (QED) is 0.675. The maximum Gasteiger partial charge on any atom is 0.123 e. The molecule has 140 valence electrons. The summed E-state index contributed by atoms with van der Waals surface area (Å²) < 4.78 is 15.2. The zero-order valence-electron chi connectivity index (χ0n) is 15.9. The topological polar surface area (TPSA) is 34.0 Å². The molecular formula is C22H25FN4. The molecule has 27 heavy (non-hydrogen) atoms. The first-order chi connectivity index (χ1) is 13.1. The van der Waals surface area contributed by atoms with Gasteiger partial charge in [0.15, 0.2) is 0 Å². The molecule has 0 bridgehead atoms. The van der Waals surface area contributed by atoms with E-state index in [4.69, 9.17) is 4.98 Å². The van der Waals surface area contributed by atoms with Crippen LogP contribution in [0.4, 0.5) is 4.39 Å². The van der Waals surface area contributed by atoms with Gasteiger partial charge in [0, 0.05) is 25.5 Å². The lowest BCUT2D eigenvalue weighted by Gasteiger charge is -2.35. The standard InChI is InChI=1S/C22H25FN4/c1-16-13-18(17-6-8-19(23)9-7-17)14-21(25-16)22-5-3-4-12-27(22)15-20-10-11-24-26(20)2/h6-11,13-14,22H,3-5,12,15H2,1-2H3/t22-/m0/s1. The SMILES string of the molecule is Cc1cc(-c2ccc(F)cc2)cc([C@@H]2CCCCN2Cc2ccnn2C)n1. The van der Waals surface area contributed by atoms with Crippen molar-refractivity contribution in [3.8, 4) is 11.1 Å². The van der Waals surface area contributed by atoms with Gasteiger partial charge in [-0.2, -0.15) is 5.10 Å². The Morgan fingerprint density at radius 3 is 2.63 bits per heavy atom. The van der Waals surface area contributed by atoms with Crippen molar-refractivity contribution in [2.45, 2.75) is 38.8 Å². The van der Waals surface area contributed by atoms with E-state index < -0.39 is 0 Å². The number of halogens is 1. The normalized spacial score (nSPS) is 18.0. The minimum absolute atomic E-state index is 0.209. The summed E-state index contributed by atoms with van der Waals surface area (Å²) in [7, 11) is 1.99. The van der Waals surface area contributed by atoms with Crippen LogP contribution in [0.25, 0.3) is 11.1 Å². The lowest BCUT2D eigenvalue weighted by molar-refractivity contribution is 0.134. The van der Waals surface area contributed by atoms with E-state index in [9.17, 15) is 4.39 Å². The van der Waals surface area contributed by atoms with Crippen molar-refractivity contribution in [1.29, 1.82) is 0 Å². The number of hydrogen-bond acceptors (Lipinski definition) is 3. The Morgan fingerprint density at radius 1 is 1.07 bits per heavy atom. The van der Waals surface area contributed by atoms with Crippen molar-refractivity contribution < 1.29 is 4.39 Å². The average Bonchev–Trinajstić information content (AvgIpc) is 3.07. The third-order valence-corrected chi connectivity index (χ3v) is 5.39. The van der Waals surface area contributed by atoms with Crippen LogP contribution < -0.4 is 0 Å². The first-order valence-corrected chi connectivity index (χ1v) is 9.55. The van der Waals surface area contributed by atoms with Gasteiger partial charge in [-0.1, -0.05) is 18.6 Å². The Hall–Kier alpha value is -2.53. The minimum atomic E-state index is -0.209. The number of aryl methyl sites for hydroxylation is 2. The van der Waals surface area contributed by atoms with Gasteiger partial charge < -0.3 is 0 Å². The Morgan fingerprint density at radius 2 is 1.89 bits per heavy atom. The number of aromatic nitrogens is 3. The molecule has 0 radical (unpaired) electrons. The van der Waals surface area contributed by atoms with Crippen molar-refractivity contribution in [2.75, 3.05) is 6.54 Å². The molecule has 1 aliphatic rings. The molecule has 0 unspecified atom stereocenters. The maximum atomic E-state index is 13.3. The molecule has 3 heterocycles. The van der Waals surface area contributed by atoms with Gasteiger partial charge in [-0.25, -0.2) is 4.39 Å². The van der Waals surface area contributed by atoms with E-state index in [1.165, 1.54) is 30.7 Å². The molecule has 0 N–H and O–H groups in total. The monoisotopic (exact) mass is 364 g/mol. The second kappa shape index (κ2) is 7.61. The van der Waals surface area contributed by atoms with Crippen LogP contribution >= 0.6 is 0 Å². The number of likely N-dealkylation sites (tertiary alicyclic amines) is 1. The van der Waals surface area contributed by atoms with Crippen LogP contribution in [0.5, 0.6) is 0 Å². The summed E-state index contributed by atoms with van der Waals surface area (Å²) in [6.45, 7) is 3.98. The average molecular weight is 364 g/mol. The highest BCUT2D eigenvalue weighted by Crippen LogP contribution is 2.33. The smallest absolute Gasteiger partial charge is 0.123 e. The van der Waals surface area contributed by atoms with Crippen LogP contribution in [-0.4, -0.2) is 26.2 Å². The minimum Gasteiger partial charge on any atom is -0.289 e. The fraction of sp³-hybridized carbons (Fsp3) is 0.364. The fourth-order valence-electron chi connectivity index (χ4n) is 3.95. The first kappa shape index (κ1) is 17.9. The molecule has 4 nitrogen and oxygen atoms in total. The van der Waals surface area contributed by atoms with Crippen LogP contribution in [0.15, 0.2) is 48.7 Å². The van der Waals surface area contributed by atoms with E-state index in [1.54, 1.807) is 0 Å². The third kappa shape index (κ3) is 3.93. The van der Waals surface area contributed by atoms with Crippen LogP contribution in [0.3, 0.4) is 0 Å². The molecule has 3 aromatic rings. The number of nitrogens with zero attached hydrogens (tertiary/aromatic N) is 4. The van der Waals surface area contributed by atoms with Gasteiger partial charge in [0.05, 0.1) is 17.4 Å². The van der Waals surface area contributed by atoms with Crippen LogP contribution in [0.1, 0.15) is 42.4 Å². The van der Waals surface area contributed by atoms with Crippen molar-refractivity contribution in [3.05, 3.63) is 71.6 Å². The summed E-state index contributed by atoms with van der Waals surface area (Å²) in [5, 5.41) is 4.30. The lowest BCUT2D eigenvalue weighted by atomic mass is 9.96. The summed E-state index contributed by atoms with van der Waals surface area (Å²) in [6.07, 6.45) is 5.39. The van der Waals surface area contributed by atoms with Gasteiger partial charge in [0.1, 0.15) is 5.82 Å². The molecule has 4 rings (SSSR count). The van der Waals surface area contributed by atoms with Gasteiger partial charge in [-0.05, 0) is 67.8 Å². The highest BCUT2D eigenvalue weighted by molar-refractivity contribution is 5.64. The highest BCUT2D eigenvalue weighted by Gasteiger charge is 2.26. The Labute approximate surface area is 159 Å². The molecular weight excluding hydrogens is 339 g/mol. The van der Waals surface area contributed by atoms with Crippen molar-refractivity contribution in [2.24, 2.45) is 7.05 Å². The van der Waals surface area contributed by atoms with Crippen LogP contribution in [0, 0.1) is 12.7 Å². The van der Waals surface area contributed by atoms with E-state index in [0.29, 0.717) is 6.04 Å². The molecule has 1 fully saturated rings. The van der Waals surface area contributed by atoms with Gasteiger partial charge in [-0.15, -0.1) is 0 Å². The summed E-state index contributed by atoms with van der Waals surface area (Å²) >= 11 is 0. The molecule has 0 amide bonds. The van der Waals surface area contributed by atoms with E-state index in [0.717, 1.165) is 42.0 Å². The molecule has 0 saturated carbocycles. The zero-order valence-corrected chi connectivity index (χ0v) is 15.9. The predicted molar refractivity (Wildman–Crippen MR) is 105 cm³/mol. The van der Waals surface area contributed by atoms with Gasteiger partial charge in [-0.3, -0.25) is 14.6 Å². The second-order valence-electron chi connectivity index (χ2n) is 7.36. The Kier molecular flexibility index (Phi) is 5.03. The highest BCUT2D eigenvalue weighted by atomic mass is 19.1. The molecule has 2 aromatic heterocycles. The third-order valence-electron chi connectivity index (χ3n) is 5.39. The largest absolute Gasteiger partial charge is 0.289 e. The molecule has 0 aliphatic carbocycles. The molecule has 1 aromatic carbocycles. The number of rotatable bonds is 4. The number of benzene rings is 1. The van der Waals surface area contributed by atoms with E-state index in [2.05, 4.69) is 28.2 Å². The van der Waals surface area contributed by atoms with Crippen molar-refractivity contribution >= 4 is 0 Å².